The first-order valence-corrected chi connectivity index (χ1v) is 7.45. The molecule has 1 nitrogen and oxygen atoms in total. The Morgan fingerprint density at radius 3 is 2.56 bits per heavy atom. The Bertz CT molecular complexity index is 362. The van der Waals surface area contributed by atoms with Crippen LogP contribution in [0.15, 0.2) is 18.2 Å². The van der Waals surface area contributed by atoms with E-state index in [2.05, 4.69) is 44.3 Å². The van der Waals surface area contributed by atoms with Gasteiger partial charge >= 0.3 is 0 Å². The molecule has 0 saturated carbocycles. The van der Waals surface area contributed by atoms with Crippen molar-refractivity contribution >= 4 is 11.6 Å². The fraction of sp³-hybridized carbons (Fsp3) is 0.625. The van der Waals surface area contributed by atoms with Gasteiger partial charge in [-0.05, 0) is 43.0 Å². The normalized spacial score (nSPS) is 14.5. The maximum Gasteiger partial charge on any atom is 0.0438 e. The van der Waals surface area contributed by atoms with Gasteiger partial charge in [0.2, 0.25) is 0 Å². The zero-order valence-corrected chi connectivity index (χ0v) is 12.8. The molecule has 0 aliphatic heterocycles. The van der Waals surface area contributed by atoms with Gasteiger partial charge in [-0.25, -0.2) is 0 Å². The van der Waals surface area contributed by atoms with Crippen LogP contribution in [0.3, 0.4) is 0 Å². The van der Waals surface area contributed by atoms with Crippen molar-refractivity contribution in [3.63, 3.8) is 0 Å². The molecule has 0 aliphatic rings. The molecule has 0 spiro atoms. The number of benzene rings is 1. The summed E-state index contributed by atoms with van der Waals surface area (Å²) in [6, 6.07) is 6.86. The van der Waals surface area contributed by atoms with Gasteiger partial charge in [-0.15, -0.1) is 0 Å². The number of hydrogen-bond acceptors (Lipinski definition) is 1. The Morgan fingerprint density at radius 2 is 2.00 bits per heavy atom. The molecule has 18 heavy (non-hydrogen) atoms. The predicted octanol–water partition coefficient (Wildman–Crippen LogP) is 5.13. The van der Waals surface area contributed by atoms with Crippen molar-refractivity contribution in [2.75, 3.05) is 6.54 Å². The first-order valence-electron chi connectivity index (χ1n) is 7.07. The number of aryl methyl sites for hydroxylation is 1. The zero-order valence-electron chi connectivity index (χ0n) is 12.1. The fourth-order valence-electron chi connectivity index (χ4n) is 2.42. The first-order chi connectivity index (χ1) is 8.58. The van der Waals surface area contributed by atoms with Crippen LogP contribution >= 0.6 is 11.6 Å². The quantitative estimate of drug-likeness (QED) is 0.723. The molecule has 0 aliphatic carbocycles. The minimum atomic E-state index is 0.426. The van der Waals surface area contributed by atoms with Gasteiger partial charge in [-0.1, -0.05) is 57.3 Å². The lowest BCUT2D eigenvalue weighted by Crippen LogP contribution is -2.23. The predicted molar refractivity (Wildman–Crippen MR) is 81.3 cm³/mol. The van der Waals surface area contributed by atoms with Crippen LogP contribution in [0, 0.1) is 12.8 Å². The van der Waals surface area contributed by atoms with E-state index >= 15 is 0 Å². The number of rotatable bonds is 7. The van der Waals surface area contributed by atoms with E-state index in [9.17, 15) is 0 Å². The SMILES string of the molecule is CCCC(C)CC(NCC)c1ccc(C)c(Cl)c1. The molecule has 1 rings (SSSR count). The van der Waals surface area contributed by atoms with Gasteiger partial charge in [0.1, 0.15) is 0 Å². The highest BCUT2D eigenvalue weighted by atomic mass is 35.5. The van der Waals surface area contributed by atoms with Crippen LogP contribution in [0.25, 0.3) is 0 Å². The van der Waals surface area contributed by atoms with Crippen LogP contribution in [0.4, 0.5) is 0 Å². The second-order valence-electron chi connectivity index (χ2n) is 5.25. The van der Waals surface area contributed by atoms with Crippen molar-refractivity contribution in [2.24, 2.45) is 5.92 Å². The second kappa shape index (κ2) is 7.81. The largest absolute Gasteiger partial charge is 0.310 e. The second-order valence-corrected chi connectivity index (χ2v) is 5.66. The van der Waals surface area contributed by atoms with Gasteiger partial charge in [0.15, 0.2) is 0 Å². The summed E-state index contributed by atoms with van der Waals surface area (Å²) in [5.41, 5.74) is 2.47. The van der Waals surface area contributed by atoms with E-state index in [1.165, 1.54) is 24.8 Å². The molecule has 0 heterocycles. The summed E-state index contributed by atoms with van der Waals surface area (Å²) in [7, 11) is 0. The van der Waals surface area contributed by atoms with Gasteiger partial charge in [0.25, 0.3) is 0 Å². The maximum absolute atomic E-state index is 6.23. The van der Waals surface area contributed by atoms with Crippen molar-refractivity contribution in [3.05, 3.63) is 34.3 Å². The molecule has 0 amide bonds. The Kier molecular flexibility index (Phi) is 6.73. The monoisotopic (exact) mass is 267 g/mol. The van der Waals surface area contributed by atoms with Gasteiger partial charge in [-0.3, -0.25) is 0 Å². The average Bonchev–Trinajstić information content (AvgIpc) is 2.32. The molecule has 1 aromatic carbocycles. The smallest absolute Gasteiger partial charge is 0.0438 e. The van der Waals surface area contributed by atoms with E-state index in [4.69, 9.17) is 11.6 Å². The molecule has 0 aromatic heterocycles. The van der Waals surface area contributed by atoms with Gasteiger partial charge in [0.05, 0.1) is 0 Å². The zero-order chi connectivity index (χ0) is 13.5. The minimum Gasteiger partial charge on any atom is -0.310 e. The molecular weight excluding hydrogens is 242 g/mol. The Balaban J connectivity index is 2.79. The van der Waals surface area contributed by atoms with Crippen molar-refractivity contribution in [2.45, 2.75) is 53.0 Å². The number of halogens is 1. The van der Waals surface area contributed by atoms with Gasteiger partial charge in [-0.2, -0.15) is 0 Å². The molecule has 2 unspecified atom stereocenters. The molecule has 2 atom stereocenters. The van der Waals surface area contributed by atoms with Crippen LogP contribution in [0.2, 0.25) is 5.02 Å². The van der Waals surface area contributed by atoms with Gasteiger partial charge < -0.3 is 5.32 Å². The van der Waals surface area contributed by atoms with Crippen LogP contribution in [0.5, 0.6) is 0 Å². The van der Waals surface area contributed by atoms with Gasteiger partial charge in [0, 0.05) is 11.1 Å². The average molecular weight is 268 g/mol. The minimum absolute atomic E-state index is 0.426. The topological polar surface area (TPSA) is 12.0 Å². The Morgan fingerprint density at radius 1 is 1.28 bits per heavy atom. The summed E-state index contributed by atoms with van der Waals surface area (Å²) in [5.74, 6) is 0.749. The van der Waals surface area contributed by atoms with Crippen molar-refractivity contribution in [3.8, 4) is 0 Å². The lowest BCUT2D eigenvalue weighted by atomic mass is 9.92. The third-order valence-electron chi connectivity index (χ3n) is 3.47. The Labute approximate surface area is 117 Å². The highest BCUT2D eigenvalue weighted by molar-refractivity contribution is 6.31. The summed E-state index contributed by atoms with van der Waals surface area (Å²) >= 11 is 6.23. The van der Waals surface area contributed by atoms with E-state index in [0.717, 1.165) is 23.0 Å². The van der Waals surface area contributed by atoms with Crippen molar-refractivity contribution in [1.82, 2.24) is 5.32 Å². The summed E-state index contributed by atoms with van der Waals surface area (Å²) in [6.07, 6.45) is 3.73. The van der Waals surface area contributed by atoms with E-state index in [-0.39, 0.29) is 0 Å². The highest BCUT2D eigenvalue weighted by Gasteiger charge is 2.14. The third kappa shape index (κ3) is 4.62. The van der Waals surface area contributed by atoms with E-state index in [0.29, 0.717) is 6.04 Å². The highest BCUT2D eigenvalue weighted by Crippen LogP contribution is 2.27. The lowest BCUT2D eigenvalue weighted by Gasteiger charge is -2.22. The molecule has 0 fully saturated rings. The van der Waals surface area contributed by atoms with E-state index < -0.39 is 0 Å². The van der Waals surface area contributed by atoms with E-state index in [1.54, 1.807) is 0 Å². The van der Waals surface area contributed by atoms with Crippen LogP contribution in [0.1, 0.15) is 57.2 Å². The molecule has 1 N–H and O–H groups in total. The number of nitrogens with one attached hydrogen (secondary N) is 1. The lowest BCUT2D eigenvalue weighted by molar-refractivity contribution is 0.395. The molecule has 0 bridgehead atoms. The number of hydrogen-bond donors (Lipinski definition) is 1. The fourth-order valence-corrected chi connectivity index (χ4v) is 2.61. The molecular formula is C16H26ClN. The van der Waals surface area contributed by atoms with Crippen LogP contribution in [-0.2, 0) is 0 Å². The third-order valence-corrected chi connectivity index (χ3v) is 3.88. The standard InChI is InChI=1S/C16H26ClN/c1-5-7-12(3)10-16(18-6-2)14-9-8-13(4)15(17)11-14/h8-9,11-12,16,18H,5-7,10H2,1-4H3. The summed E-state index contributed by atoms with van der Waals surface area (Å²) in [5, 5.41) is 4.45. The van der Waals surface area contributed by atoms with Crippen molar-refractivity contribution in [1.29, 1.82) is 0 Å². The molecule has 0 saturated heterocycles. The maximum atomic E-state index is 6.23. The van der Waals surface area contributed by atoms with Crippen molar-refractivity contribution < 1.29 is 0 Å². The molecule has 1 aromatic rings. The first kappa shape index (κ1) is 15.5. The Hall–Kier alpha value is -0.530. The summed E-state index contributed by atoms with van der Waals surface area (Å²) in [6.45, 7) is 9.79. The summed E-state index contributed by atoms with van der Waals surface area (Å²) in [4.78, 5) is 0. The molecule has 2 heteroatoms. The molecule has 0 radical (unpaired) electrons. The summed E-state index contributed by atoms with van der Waals surface area (Å²) < 4.78 is 0. The van der Waals surface area contributed by atoms with E-state index in [1.807, 2.05) is 6.92 Å². The van der Waals surface area contributed by atoms with Crippen LogP contribution < -0.4 is 5.32 Å². The molecule has 102 valence electrons. The van der Waals surface area contributed by atoms with Crippen LogP contribution in [-0.4, -0.2) is 6.54 Å².